The first-order valence-electron chi connectivity index (χ1n) is 9.34. The van der Waals surface area contributed by atoms with E-state index in [0.717, 1.165) is 10.4 Å². The highest BCUT2D eigenvalue weighted by Gasteiger charge is 2.20. The molecule has 0 atom stereocenters. The van der Waals surface area contributed by atoms with Crippen molar-refractivity contribution in [1.29, 1.82) is 0 Å². The fraction of sp³-hybridized carbons (Fsp3) is 0.136. The smallest absolute Gasteiger partial charge is 0.273 e. The van der Waals surface area contributed by atoms with Gasteiger partial charge in [-0.15, -0.1) is 11.3 Å². The minimum Gasteiger partial charge on any atom is -0.466 e. The Balaban J connectivity index is 1.55. The van der Waals surface area contributed by atoms with Crippen LogP contribution in [0.25, 0.3) is 10.6 Å². The Labute approximate surface area is 177 Å². The van der Waals surface area contributed by atoms with Crippen LogP contribution in [-0.2, 0) is 6.54 Å². The van der Waals surface area contributed by atoms with Gasteiger partial charge in [0.05, 0.1) is 22.5 Å². The van der Waals surface area contributed by atoms with Gasteiger partial charge in [0, 0.05) is 6.20 Å². The number of aromatic nitrogens is 2. The van der Waals surface area contributed by atoms with Gasteiger partial charge in [-0.05, 0) is 36.9 Å². The first-order chi connectivity index (χ1) is 14.5. The molecular weight excluding hydrogens is 400 g/mol. The van der Waals surface area contributed by atoms with Crippen LogP contribution in [0.5, 0.6) is 0 Å². The maximum Gasteiger partial charge on any atom is 0.273 e. The van der Waals surface area contributed by atoms with Crippen LogP contribution in [0.15, 0.2) is 64.5 Å². The highest BCUT2D eigenvalue weighted by atomic mass is 32.1. The van der Waals surface area contributed by atoms with Crippen molar-refractivity contribution in [3.05, 3.63) is 88.3 Å². The topological polar surface area (TPSA) is 89.2 Å². The number of rotatable bonds is 5. The molecule has 0 aliphatic rings. The molecule has 4 rings (SSSR count). The van der Waals surface area contributed by atoms with Crippen LogP contribution in [0.3, 0.4) is 0 Å². The Bertz CT molecular complexity index is 1180. The van der Waals surface area contributed by atoms with E-state index in [4.69, 9.17) is 4.42 Å². The molecule has 7 nitrogen and oxygen atoms in total. The van der Waals surface area contributed by atoms with Gasteiger partial charge in [0.25, 0.3) is 11.8 Å². The van der Waals surface area contributed by atoms with Crippen molar-refractivity contribution in [3.8, 4) is 10.6 Å². The summed E-state index contributed by atoms with van der Waals surface area (Å²) >= 11 is 1.50. The van der Waals surface area contributed by atoms with E-state index >= 15 is 0 Å². The van der Waals surface area contributed by atoms with Crippen LogP contribution in [-0.4, -0.2) is 21.6 Å². The summed E-state index contributed by atoms with van der Waals surface area (Å²) in [7, 11) is 0. The second-order valence-corrected chi connectivity index (χ2v) is 7.73. The van der Waals surface area contributed by atoms with Crippen LogP contribution in [0.1, 0.15) is 37.8 Å². The minimum atomic E-state index is -0.441. The van der Waals surface area contributed by atoms with Crippen LogP contribution in [0.2, 0.25) is 0 Å². The molecule has 2 amide bonds. The molecular formula is C22H20N4O3S. The lowest BCUT2D eigenvalue weighted by molar-refractivity contribution is 0.0846. The molecule has 1 aromatic carbocycles. The molecule has 0 spiro atoms. The predicted octanol–water partition coefficient (Wildman–Crippen LogP) is 3.94. The summed E-state index contributed by atoms with van der Waals surface area (Å²) in [5.74, 6) is 0.247. The third-order valence-electron chi connectivity index (χ3n) is 4.52. The molecule has 0 radical (unpaired) electrons. The van der Waals surface area contributed by atoms with Crippen LogP contribution in [0.4, 0.5) is 0 Å². The third-order valence-corrected chi connectivity index (χ3v) is 5.40. The predicted molar refractivity (Wildman–Crippen MR) is 114 cm³/mol. The number of hydrazine groups is 1. The molecule has 0 saturated carbocycles. The fourth-order valence-electron chi connectivity index (χ4n) is 3.14. The summed E-state index contributed by atoms with van der Waals surface area (Å²) in [6.45, 7) is 4.00. The van der Waals surface area contributed by atoms with Crippen molar-refractivity contribution in [3.63, 3.8) is 0 Å². The van der Waals surface area contributed by atoms with Crippen molar-refractivity contribution in [2.45, 2.75) is 20.4 Å². The van der Waals surface area contributed by atoms with Gasteiger partial charge in [0.1, 0.15) is 17.2 Å². The lowest BCUT2D eigenvalue weighted by atomic mass is 10.2. The zero-order chi connectivity index (χ0) is 21.1. The highest BCUT2D eigenvalue weighted by molar-refractivity contribution is 7.13. The molecule has 0 unspecified atom stereocenters. The number of nitrogens with one attached hydrogen (secondary N) is 2. The number of hydrogen-bond acceptors (Lipinski definition) is 5. The van der Waals surface area contributed by atoms with Gasteiger partial charge in [0.2, 0.25) is 0 Å². The SMILES string of the molecule is Cc1cc(C(=O)NNC(=O)c2cn(Cc3ccccc3)nc2-c2cccs2)c(C)o1. The van der Waals surface area contributed by atoms with Gasteiger partial charge in [-0.2, -0.15) is 5.10 Å². The Morgan fingerprint density at radius 1 is 1.03 bits per heavy atom. The number of benzene rings is 1. The van der Waals surface area contributed by atoms with Crippen molar-refractivity contribution >= 4 is 23.2 Å². The molecule has 4 aromatic rings. The molecule has 0 bridgehead atoms. The normalized spacial score (nSPS) is 10.7. The second kappa shape index (κ2) is 8.38. The van der Waals surface area contributed by atoms with Gasteiger partial charge in [0.15, 0.2) is 0 Å². The van der Waals surface area contributed by atoms with Crippen molar-refractivity contribution in [2.24, 2.45) is 0 Å². The first kappa shape index (κ1) is 19.7. The molecule has 0 aliphatic heterocycles. The Kier molecular flexibility index (Phi) is 5.49. The van der Waals surface area contributed by atoms with Gasteiger partial charge < -0.3 is 4.42 Å². The standard InChI is InChI=1S/C22H20N4O3S/c1-14-11-17(15(2)29-14)21(27)23-24-22(28)18-13-26(12-16-7-4-3-5-8-16)25-20(18)19-9-6-10-30-19/h3-11,13H,12H2,1-2H3,(H,23,27)(H,24,28). The molecule has 8 heteroatoms. The Morgan fingerprint density at radius 2 is 1.77 bits per heavy atom. The molecule has 0 aliphatic carbocycles. The van der Waals surface area contributed by atoms with Crippen molar-refractivity contribution < 1.29 is 14.0 Å². The third kappa shape index (κ3) is 4.18. The van der Waals surface area contributed by atoms with Gasteiger partial charge in [-0.25, -0.2) is 0 Å². The van der Waals surface area contributed by atoms with E-state index in [2.05, 4.69) is 16.0 Å². The zero-order valence-corrected chi connectivity index (χ0v) is 17.3. The molecule has 3 aromatic heterocycles. The summed E-state index contributed by atoms with van der Waals surface area (Å²) in [4.78, 5) is 26.1. The highest BCUT2D eigenvalue weighted by Crippen LogP contribution is 2.27. The first-order valence-corrected chi connectivity index (χ1v) is 10.2. The minimum absolute atomic E-state index is 0.381. The number of nitrogens with zero attached hydrogens (tertiary/aromatic N) is 2. The largest absolute Gasteiger partial charge is 0.466 e. The summed E-state index contributed by atoms with van der Waals surface area (Å²) in [6, 6.07) is 15.3. The lowest BCUT2D eigenvalue weighted by Gasteiger charge is -2.06. The van der Waals surface area contributed by atoms with E-state index in [9.17, 15) is 9.59 Å². The van der Waals surface area contributed by atoms with Crippen molar-refractivity contribution in [2.75, 3.05) is 0 Å². The fourth-order valence-corrected chi connectivity index (χ4v) is 3.86. The lowest BCUT2D eigenvalue weighted by Crippen LogP contribution is -2.41. The van der Waals surface area contributed by atoms with Gasteiger partial charge in [-0.3, -0.25) is 25.1 Å². The summed E-state index contributed by atoms with van der Waals surface area (Å²) in [5.41, 5.74) is 7.34. The summed E-state index contributed by atoms with van der Waals surface area (Å²) in [6.07, 6.45) is 1.69. The van der Waals surface area contributed by atoms with Gasteiger partial charge >= 0.3 is 0 Å². The average Bonchev–Trinajstić information content (AvgIpc) is 3.46. The maximum absolute atomic E-state index is 12.9. The average molecular weight is 420 g/mol. The molecule has 30 heavy (non-hydrogen) atoms. The second-order valence-electron chi connectivity index (χ2n) is 6.79. The molecule has 0 fully saturated rings. The summed E-state index contributed by atoms with van der Waals surface area (Å²) < 4.78 is 7.10. The Morgan fingerprint density at radius 3 is 2.40 bits per heavy atom. The number of amides is 2. The van der Waals surface area contributed by atoms with E-state index < -0.39 is 11.8 Å². The van der Waals surface area contributed by atoms with E-state index in [0.29, 0.717) is 34.9 Å². The van der Waals surface area contributed by atoms with E-state index in [1.54, 1.807) is 30.8 Å². The number of aryl methyl sites for hydroxylation is 2. The molecule has 3 heterocycles. The molecule has 0 saturated heterocycles. The summed E-state index contributed by atoms with van der Waals surface area (Å²) in [5, 5.41) is 6.54. The van der Waals surface area contributed by atoms with Crippen molar-refractivity contribution in [1.82, 2.24) is 20.6 Å². The number of thiophene rings is 1. The zero-order valence-electron chi connectivity index (χ0n) is 16.5. The van der Waals surface area contributed by atoms with E-state index in [1.807, 2.05) is 47.8 Å². The maximum atomic E-state index is 12.9. The monoisotopic (exact) mass is 420 g/mol. The number of furan rings is 1. The number of carbonyl (C=O) groups is 2. The number of carbonyl (C=O) groups excluding carboxylic acids is 2. The van der Waals surface area contributed by atoms with Crippen LogP contribution < -0.4 is 10.9 Å². The number of hydrogen-bond donors (Lipinski definition) is 2. The van der Waals surface area contributed by atoms with Crippen LogP contribution >= 0.6 is 11.3 Å². The quantitative estimate of drug-likeness (QED) is 0.479. The van der Waals surface area contributed by atoms with Gasteiger partial charge in [-0.1, -0.05) is 36.4 Å². The van der Waals surface area contributed by atoms with Crippen LogP contribution in [0, 0.1) is 13.8 Å². The van der Waals surface area contributed by atoms with E-state index in [1.165, 1.54) is 11.3 Å². The molecule has 152 valence electrons. The van der Waals surface area contributed by atoms with E-state index in [-0.39, 0.29) is 0 Å². The Hall–Kier alpha value is -3.65. The molecule has 2 N–H and O–H groups in total.